The Bertz CT molecular complexity index is 960. The summed E-state index contributed by atoms with van der Waals surface area (Å²) >= 11 is 1.15. The van der Waals surface area contributed by atoms with Gasteiger partial charge in [-0.3, -0.25) is 13.9 Å². The predicted octanol–water partition coefficient (Wildman–Crippen LogP) is 4.48. The Labute approximate surface area is 289 Å². The molecular weight excluding hydrogens is 643 g/mol. The fraction of sp³-hybridized carbons (Fsp3) is 0.971. The first kappa shape index (κ1) is 42.7. The summed E-state index contributed by atoms with van der Waals surface area (Å²) in [5.41, 5.74) is -0.886. The Morgan fingerprint density at radius 3 is 1.98 bits per heavy atom. The van der Waals surface area contributed by atoms with Crippen LogP contribution in [-0.2, 0) is 24.0 Å². The first-order chi connectivity index (χ1) is 22.4. The van der Waals surface area contributed by atoms with Crippen LogP contribution in [0.4, 0.5) is 0 Å². The molecule has 278 valence electrons. The molecule has 0 unspecified atom stereocenters. The Morgan fingerprint density at radius 1 is 0.894 bits per heavy atom. The molecule has 2 heterocycles. The molecule has 1 amide bonds. The Hall–Kier alpha value is -0.510. The molecule has 2 fully saturated rings. The number of likely N-dealkylation sites (tertiary alicyclic amines) is 1. The van der Waals surface area contributed by atoms with E-state index >= 15 is 0 Å². The molecule has 0 saturated carbocycles. The first-order valence-corrected chi connectivity index (χ1v) is 21.1. The third kappa shape index (κ3) is 15.1. The monoisotopic (exact) mass is 709 g/mol. The fourth-order valence-corrected chi connectivity index (χ4v) is 8.59. The van der Waals surface area contributed by atoms with Crippen molar-refractivity contribution < 1.29 is 37.5 Å². The number of unbranched alkanes of at least 4 members (excludes halogenated alkanes) is 13. The summed E-state index contributed by atoms with van der Waals surface area (Å²) in [6, 6.07) is -1.55. The van der Waals surface area contributed by atoms with Crippen LogP contribution < -0.4 is 10.0 Å². The van der Waals surface area contributed by atoms with Crippen LogP contribution in [0.1, 0.15) is 130 Å². The second-order valence-corrected chi connectivity index (χ2v) is 16.1. The highest BCUT2D eigenvalue weighted by Gasteiger charge is 2.49. The summed E-state index contributed by atoms with van der Waals surface area (Å²) in [6.07, 6.45) is 14.5. The van der Waals surface area contributed by atoms with Gasteiger partial charge < -0.3 is 25.4 Å². The summed E-state index contributed by atoms with van der Waals surface area (Å²) in [6.45, 7) is 6.87. The topological polar surface area (TPSA) is 158 Å². The predicted molar refractivity (Wildman–Crippen MR) is 189 cm³/mol. The zero-order valence-electron chi connectivity index (χ0n) is 29.8. The minimum Gasteiger partial charge on any atom is -0.388 e. The van der Waals surface area contributed by atoms with Crippen molar-refractivity contribution in [2.24, 2.45) is 5.92 Å². The maximum atomic E-state index is 13.5. The lowest BCUT2D eigenvalue weighted by atomic mass is 9.92. The van der Waals surface area contributed by atoms with Crippen molar-refractivity contribution in [2.75, 3.05) is 26.4 Å². The van der Waals surface area contributed by atoms with Crippen LogP contribution in [0.2, 0.25) is 0 Å². The van der Waals surface area contributed by atoms with Crippen molar-refractivity contribution in [1.82, 2.24) is 14.9 Å². The lowest BCUT2D eigenvalue weighted by Crippen LogP contribution is -2.66. The minimum atomic E-state index is -4.19. The van der Waals surface area contributed by atoms with Crippen LogP contribution in [0.5, 0.6) is 0 Å². The van der Waals surface area contributed by atoms with E-state index in [0.29, 0.717) is 18.8 Å². The molecule has 2 aliphatic rings. The molecule has 2 aliphatic heterocycles. The maximum absolute atomic E-state index is 13.5. The van der Waals surface area contributed by atoms with E-state index in [1.807, 2.05) is 11.9 Å². The van der Waals surface area contributed by atoms with Crippen molar-refractivity contribution in [3.05, 3.63) is 0 Å². The molecule has 0 bridgehead atoms. The molecule has 0 aromatic rings. The van der Waals surface area contributed by atoms with Crippen LogP contribution in [0, 0.1) is 5.92 Å². The van der Waals surface area contributed by atoms with E-state index in [-0.39, 0.29) is 12.5 Å². The van der Waals surface area contributed by atoms with Gasteiger partial charge >= 0.3 is 10.3 Å². The second-order valence-electron chi connectivity index (χ2n) is 13.8. The normalized spacial score (nSPS) is 28.4. The molecule has 0 aliphatic carbocycles. The van der Waals surface area contributed by atoms with Gasteiger partial charge in [0.2, 0.25) is 5.91 Å². The first-order valence-electron chi connectivity index (χ1n) is 18.4. The van der Waals surface area contributed by atoms with Gasteiger partial charge in [-0.05, 0) is 45.4 Å². The van der Waals surface area contributed by atoms with Gasteiger partial charge in [0.15, 0.2) is 0 Å². The van der Waals surface area contributed by atoms with Crippen molar-refractivity contribution in [2.45, 2.75) is 178 Å². The van der Waals surface area contributed by atoms with Gasteiger partial charge in [-0.15, -0.1) is 11.8 Å². The maximum Gasteiger partial charge on any atom is 0.336 e. The number of carbonyl (C=O) groups excluding carboxylic acids is 1. The standard InChI is InChI=1S/C34H67N3O8S2/c1-6-8-9-10-11-12-13-14-15-16-17-18-19-20-22-35-47(42,43)45-25(3)28(32-30(39)29(38)31(40)34(44-32)46-5)36-33(41)27-23-26(21-7-2)24-37(27)4/h25-32,34-35,38-40H,6-24H2,1-5H3,(H,36,41)/t25-,26-,27+,28-,29+,30-,31-,32-,34-/m1/s1. The number of aliphatic hydroxyl groups is 3. The number of hydrogen-bond acceptors (Lipinski definition) is 10. The van der Waals surface area contributed by atoms with Crippen molar-refractivity contribution in [3.63, 3.8) is 0 Å². The van der Waals surface area contributed by atoms with Gasteiger partial charge in [-0.25, -0.2) is 0 Å². The highest BCUT2D eigenvalue weighted by Crippen LogP contribution is 2.31. The number of aliphatic hydroxyl groups excluding tert-OH is 3. The fourth-order valence-electron chi connectivity index (χ4n) is 6.93. The molecule has 0 aromatic carbocycles. The average molecular weight is 710 g/mol. The van der Waals surface area contributed by atoms with Gasteiger partial charge in [-0.2, -0.15) is 13.1 Å². The van der Waals surface area contributed by atoms with E-state index in [0.717, 1.165) is 50.4 Å². The summed E-state index contributed by atoms with van der Waals surface area (Å²) in [5, 5.41) is 34.8. The van der Waals surface area contributed by atoms with Gasteiger partial charge in [-0.1, -0.05) is 104 Å². The third-order valence-electron chi connectivity index (χ3n) is 9.73. The quantitative estimate of drug-likeness (QED) is 0.0857. The molecule has 2 saturated heterocycles. The smallest absolute Gasteiger partial charge is 0.336 e. The number of rotatable bonds is 25. The van der Waals surface area contributed by atoms with Crippen LogP contribution in [0.3, 0.4) is 0 Å². The number of carbonyl (C=O) groups is 1. The molecule has 47 heavy (non-hydrogen) atoms. The number of thioether (sulfide) groups is 1. The Balaban J connectivity index is 1.85. The molecule has 5 N–H and O–H groups in total. The third-order valence-corrected chi connectivity index (χ3v) is 11.7. The van der Waals surface area contributed by atoms with Gasteiger partial charge in [0, 0.05) is 13.1 Å². The minimum absolute atomic E-state index is 0.234. The van der Waals surface area contributed by atoms with Crippen LogP contribution >= 0.6 is 11.8 Å². The van der Waals surface area contributed by atoms with E-state index in [2.05, 4.69) is 23.9 Å². The van der Waals surface area contributed by atoms with Crippen molar-refractivity contribution in [1.29, 1.82) is 0 Å². The highest BCUT2D eigenvalue weighted by atomic mass is 32.2. The van der Waals surface area contributed by atoms with E-state index in [4.69, 9.17) is 8.92 Å². The Morgan fingerprint density at radius 2 is 1.45 bits per heavy atom. The molecule has 11 nitrogen and oxygen atoms in total. The lowest BCUT2D eigenvalue weighted by Gasteiger charge is -2.44. The highest BCUT2D eigenvalue weighted by molar-refractivity contribution is 7.99. The summed E-state index contributed by atoms with van der Waals surface area (Å²) < 4.78 is 39.8. The summed E-state index contributed by atoms with van der Waals surface area (Å²) in [7, 11) is -2.31. The van der Waals surface area contributed by atoms with Gasteiger partial charge in [0.25, 0.3) is 0 Å². The summed E-state index contributed by atoms with van der Waals surface area (Å²) in [5.74, 6) is 0.0538. The molecular formula is C34H67N3O8S2. The number of ether oxygens (including phenoxy) is 1. The van der Waals surface area contributed by atoms with Crippen LogP contribution in [0.15, 0.2) is 0 Å². The molecule has 0 spiro atoms. The number of nitrogens with zero attached hydrogens (tertiary/aromatic N) is 1. The van der Waals surface area contributed by atoms with Gasteiger partial charge in [0.05, 0.1) is 18.2 Å². The van der Waals surface area contributed by atoms with Crippen molar-refractivity contribution in [3.8, 4) is 0 Å². The molecule has 0 aromatic heterocycles. The molecule has 0 radical (unpaired) electrons. The van der Waals surface area contributed by atoms with Gasteiger partial charge in [0.1, 0.15) is 29.9 Å². The number of hydrogen-bond donors (Lipinski definition) is 5. The second kappa shape index (κ2) is 23.1. The largest absolute Gasteiger partial charge is 0.388 e. The molecule has 2 rings (SSSR count). The number of likely N-dealkylation sites (N-methyl/N-ethyl adjacent to an activating group) is 1. The van der Waals surface area contributed by atoms with E-state index in [9.17, 15) is 28.5 Å². The van der Waals surface area contributed by atoms with Crippen LogP contribution in [0.25, 0.3) is 0 Å². The van der Waals surface area contributed by atoms with Crippen molar-refractivity contribution >= 4 is 28.0 Å². The SMILES string of the molecule is CCCCCCCCCCCCCCCCNS(=O)(=O)O[C@H](C)[C@@H](NC(=O)[C@@H]1C[C@@H](CCC)CN1C)[C@H]1O[C@H](SC)[C@H](O)[C@@H](O)[C@H]1O. The lowest BCUT2D eigenvalue weighted by molar-refractivity contribution is -0.210. The van der Waals surface area contributed by atoms with E-state index in [1.165, 1.54) is 71.1 Å². The Kier molecular flexibility index (Phi) is 20.9. The zero-order valence-corrected chi connectivity index (χ0v) is 31.4. The van der Waals surface area contributed by atoms with Crippen LogP contribution in [-0.4, -0.2) is 109 Å². The van der Waals surface area contributed by atoms with E-state index < -0.39 is 58.3 Å². The summed E-state index contributed by atoms with van der Waals surface area (Å²) in [4.78, 5) is 15.5. The molecule has 13 heteroatoms. The molecule has 9 atom stereocenters. The zero-order chi connectivity index (χ0) is 34.8. The number of amides is 1. The van der Waals surface area contributed by atoms with E-state index in [1.54, 1.807) is 6.26 Å². The number of nitrogens with one attached hydrogen (secondary N) is 2. The average Bonchev–Trinajstić information content (AvgIpc) is 3.40.